The molecule has 0 saturated heterocycles. The van der Waals surface area contributed by atoms with Crippen molar-refractivity contribution >= 4 is 11.3 Å². The van der Waals surface area contributed by atoms with Crippen LogP contribution in [0.15, 0.2) is 35.7 Å². The Hall–Kier alpha value is -1.23. The fourth-order valence-electron chi connectivity index (χ4n) is 1.92. The number of rotatable bonds is 8. The molecule has 1 atom stereocenters. The fourth-order valence-corrected chi connectivity index (χ4v) is 2.79. The number of ether oxygens (including phenoxy) is 1. The van der Waals surface area contributed by atoms with Crippen molar-refractivity contribution in [2.45, 2.75) is 32.3 Å². The van der Waals surface area contributed by atoms with Gasteiger partial charge in [-0.05, 0) is 12.8 Å². The first-order valence-electron chi connectivity index (χ1n) is 7.05. The smallest absolute Gasteiger partial charge is 0.0958 e. The number of aliphatic hydroxyl groups is 1. The van der Waals surface area contributed by atoms with Crippen LogP contribution in [0.1, 0.15) is 24.8 Å². The van der Waals surface area contributed by atoms with E-state index in [0.29, 0.717) is 19.4 Å². The predicted octanol–water partition coefficient (Wildman–Crippen LogP) is 3.53. The Morgan fingerprint density at radius 2 is 2.05 bits per heavy atom. The molecule has 1 aromatic carbocycles. The molecule has 1 N–H and O–H groups in total. The van der Waals surface area contributed by atoms with Crippen LogP contribution in [0.25, 0.3) is 11.3 Å². The van der Waals surface area contributed by atoms with Crippen molar-refractivity contribution < 1.29 is 9.84 Å². The molecule has 1 aromatic heterocycles. The maximum Gasteiger partial charge on any atom is 0.0958 e. The maximum absolute atomic E-state index is 9.97. The first kappa shape index (κ1) is 15.2. The number of benzene rings is 1. The minimum Gasteiger partial charge on any atom is -0.393 e. The minimum absolute atomic E-state index is 0.373. The van der Waals surface area contributed by atoms with Crippen LogP contribution in [0.5, 0.6) is 0 Å². The average Bonchev–Trinajstić information content (AvgIpc) is 2.93. The molecule has 3 nitrogen and oxygen atoms in total. The third-order valence-corrected chi connectivity index (χ3v) is 3.85. The second-order valence-corrected chi connectivity index (χ2v) is 5.69. The molecule has 0 fully saturated rings. The van der Waals surface area contributed by atoms with Crippen LogP contribution in [-0.4, -0.2) is 29.4 Å². The average molecular weight is 291 g/mol. The van der Waals surface area contributed by atoms with E-state index in [-0.39, 0.29) is 6.10 Å². The van der Waals surface area contributed by atoms with Gasteiger partial charge in [0.25, 0.3) is 0 Å². The zero-order chi connectivity index (χ0) is 14.2. The van der Waals surface area contributed by atoms with E-state index in [2.05, 4.69) is 11.9 Å². The highest BCUT2D eigenvalue weighted by atomic mass is 32.1. The Morgan fingerprint density at radius 1 is 1.25 bits per heavy atom. The highest BCUT2D eigenvalue weighted by Gasteiger charge is 2.10. The first-order valence-corrected chi connectivity index (χ1v) is 7.93. The molecule has 1 unspecified atom stereocenters. The van der Waals surface area contributed by atoms with Gasteiger partial charge in [0, 0.05) is 30.6 Å². The van der Waals surface area contributed by atoms with Gasteiger partial charge in [0.15, 0.2) is 0 Å². The molecule has 2 aromatic rings. The normalized spacial score (nSPS) is 12.5. The number of hydrogen-bond donors (Lipinski definition) is 1. The maximum atomic E-state index is 9.97. The molecule has 2 rings (SSSR count). The zero-order valence-corrected chi connectivity index (χ0v) is 12.6. The van der Waals surface area contributed by atoms with E-state index in [0.717, 1.165) is 29.3 Å². The molecule has 20 heavy (non-hydrogen) atoms. The van der Waals surface area contributed by atoms with Crippen LogP contribution >= 0.6 is 11.3 Å². The lowest BCUT2D eigenvalue weighted by atomic mass is 10.2. The highest BCUT2D eigenvalue weighted by Crippen LogP contribution is 2.22. The van der Waals surface area contributed by atoms with E-state index in [9.17, 15) is 5.11 Å². The summed E-state index contributed by atoms with van der Waals surface area (Å²) < 4.78 is 5.39. The van der Waals surface area contributed by atoms with Gasteiger partial charge in [-0.25, -0.2) is 4.98 Å². The van der Waals surface area contributed by atoms with Crippen LogP contribution in [0, 0.1) is 0 Å². The molecule has 0 aliphatic rings. The summed E-state index contributed by atoms with van der Waals surface area (Å²) in [6.45, 7) is 3.46. The highest BCUT2D eigenvalue weighted by molar-refractivity contribution is 7.09. The van der Waals surface area contributed by atoms with Gasteiger partial charge in [-0.1, -0.05) is 37.3 Å². The monoisotopic (exact) mass is 291 g/mol. The number of nitrogens with zero attached hydrogens (tertiary/aromatic N) is 1. The quantitative estimate of drug-likeness (QED) is 0.757. The summed E-state index contributed by atoms with van der Waals surface area (Å²) >= 11 is 1.60. The number of hydrogen-bond acceptors (Lipinski definition) is 4. The molecular weight excluding hydrogens is 270 g/mol. The lowest BCUT2D eigenvalue weighted by Gasteiger charge is -2.08. The summed E-state index contributed by atoms with van der Waals surface area (Å²) in [6, 6.07) is 10.1. The molecular formula is C16H21NO2S. The standard InChI is InChI=1S/C16H21NO2S/c1-2-9-19-10-8-14(18)11-16-17-15(12-20-16)13-6-4-3-5-7-13/h3-7,12,14,18H,2,8-11H2,1H3. The second kappa shape index (κ2) is 8.15. The van der Waals surface area contributed by atoms with Gasteiger partial charge in [0.05, 0.1) is 16.8 Å². The number of thiazole rings is 1. The molecule has 4 heteroatoms. The summed E-state index contributed by atoms with van der Waals surface area (Å²) in [5.74, 6) is 0. The van der Waals surface area contributed by atoms with Gasteiger partial charge in [-0.2, -0.15) is 0 Å². The van der Waals surface area contributed by atoms with Gasteiger partial charge in [0.2, 0.25) is 0 Å². The van der Waals surface area contributed by atoms with E-state index in [4.69, 9.17) is 4.74 Å². The molecule has 1 heterocycles. The van der Waals surface area contributed by atoms with Crippen molar-refractivity contribution in [3.8, 4) is 11.3 Å². The molecule has 0 radical (unpaired) electrons. The topological polar surface area (TPSA) is 42.4 Å². The van der Waals surface area contributed by atoms with Crippen molar-refractivity contribution in [3.63, 3.8) is 0 Å². The Labute approximate surface area is 124 Å². The van der Waals surface area contributed by atoms with E-state index < -0.39 is 0 Å². The molecule has 0 aliphatic carbocycles. The van der Waals surface area contributed by atoms with Crippen LogP contribution in [0.4, 0.5) is 0 Å². The molecule has 0 bridgehead atoms. The molecule has 0 saturated carbocycles. The Morgan fingerprint density at radius 3 is 2.80 bits per heavy atom. The predicted molar refractivity (Wildman–Crippen MR) is 83.0 cm³/mol. The zero-order valence-electron chi connectivity index (χ0n) is 11.8. The van der Waals surface area contributed by atoms with Crippen LogP contribution < -0.4 is 0 Å². The third-order valence-electron chi connectivity index (χ3n) is 2.98. The van der Waals surface area contributed by atoms with Gasteiger partial charge in [-0.3, -0.25) is 0 Å². The molecule has 108 valence electrons. The van der Waals surface area contributed by atoms with Crippen LogP contribution in [0.2, 0.25) is 0 Å². The van der Waals surface area contributed by atoms with Gasteiger partial charge in [-0.15, -0.1) is 11.3 Å². The fraction of sp³-hybridized carbons (Fsp3) is 0.438. The van der Waals surface area contributed by atoms with E-state index in [1.807, 2.05) is 35.7 Å². The second-order valence-electron chi connectivity index (χ2n) is 4.75. The summed E-state index contributed by atoms with van der Waals surface area (Å²) in [4.78, 5) is 4.58. The first-order chi connectivity index (χ1) is 9.79. The van der Waals surface area contributed by atoms with Crippen molar-refractivity contribution in [2.24, 2.45) is 0 Å². The SMILES string of the molecule is CCCOCCC(O)Cc1nc(-c2ccccc2)cs1. The van der Waals surface area contributed by atoms with E-state index >= 15 is 0 Å². The van der Waals surface area contributed by atoms with Crippen molar-refractivity contribution in [2.75, 3.05) is 13.2 Å². The summed E-state index contributed by atoms with van der Waals surface area (Å²) in [7, 11) is 0. The van der Waals surface area contributed by atoms with Gasteiger partial charge < -0.3 is 9.84 Å². The van der Waals surface area contributed by atoms with Crippen LogP contribution in [-0.2, 0) is 11.2 Å². The van der Waals surface area contributed by atoms with Crippen molar-refractivity contribution in [3.05, 3.63) is 40.7 Å². The minimum atomic E-state index is -0.373. The molecule has 0 spiro atoms. The third kappa shape index (κ3) is 4.71. The summed E-state index contributed by atoms with van der Waals surface area (Å²) in [6.07, 6.45) is 1.91. The lowest BCUT2D eigenvalue weighted by molar-refractivity contribution is 0.0824. The number of aromatic nitrogens is 1. The Balaban J connectivity index is 1.83. The van der Waals surface area contributed by atoms with E-state index in [1.165, 1.54) is 0 Å². The van der Waals surface area contributed by atoms with Crippen LogP contribution in [0.3, 0.4) is 0 Å². The molecule has 0 aliphatic heterocycles. The Bertz CT molecular complexity index is 498. The molecule has 0 amide bonds. The van der Waals surface area contributed by atoms with Crippen molar-refractivity contribution in [1.82, 2.24) is 4.98 Å². The summed E-state index contributed by atoms with van der Waals surface area (Å²) in [5.41, 5.74) is 2.11. The number of aliphatic hydroxyl groups excluding tert-OH is 1. The lowest BCUT2D eigenvalue weighted by Crippen LogP contribution is -2.13. The van der Waals surface area contributed by atoms with Gasteiger partial charge >= 0.3 is 0 Å². The van der Waals surface area contributed by atoms with Crippen molar-refractivity contribution in [1.29, 1.82) is 0 Å². The summed E-state index contributed by atoms with van der Waals surface area (Å²) in [5, 5.41) is 13.0. The largest absolute Gasteiger partial charge is 0.393 e. The Kier molecular flexibility index (Phi) is 6.18. The van der Waals surface area contributed by atoms with Gasteiger partial charge in [0.1, 0.15) is 0 Å². The van der Waals surface area contributed by atoms with E-state index in [1.54, 1.807) is 11.3 Å².